The van der Waals surface area contributed by atoms with Crippen LogP contribution in [-0.2, 0) is 17.8 Å². The van der Waals surface area contributed by atoms with Gasteiger partial charge in [0.1, 0.15) is 5.82 Å². The molecule has 1 saturated carbocycles. The van der Waals surface area contributed by atoms with Gasteiger partial charge >= 0.3 is 0 Å². The maximum absolute atomic E-state index is 6.42. The average Bonchev–Trinajstić information content (AvgIpc) is 3.41. The van der Waals surface area contributed by atoms with E-state index in [-0.39, 0.29) is 0 Å². The number of nitrogens with zero attached hydrogens (tertiary/aromatic N) is 7. The third-order valence-electron chi connectivity index (χ3n) is 8.00. The summed E-state index contributed by atoms with van der Waals surface area (Å²) in [6.07, 6.45) is 7.12. The Morgan fingerprint density at radius 3 is 2.68 bits per heavy atom. The van der Waals surface area contributed by atoms with Crippen molar-refractivity contribution in [2.45, 2.75) is 51.2 Å². The molecule has 1 atom stereocenters. The van der Waals surface area contributed by atoms with Crippen molar-refractivity contribution < 1.29 is 4.74 Å². The van der Waals surface area contributed by atoms with Gasteiger partial charge in [-0.3, -0.25) is 9.47 Å². The van der Waals surface area contributed by atoms with E-state index in [1.54, 1.807) is 0 Å². The fourth-order valence-electron chi connectivity index (χ4n) is 6.26. The monoisotopic (exact) mass is 477 g/mol. The summed E-state index contributed by atoms with van der Waals surface area (Å²) in [5.41, 5.74) is 3.85. The van der Waals surface area contributed by atoms with Gasteiger partial charge in [0.05, 0.1) is 18.8 Å². The standard InChI is InChI=1S/C25H28ClN7O/c1-16-9-27-24(28-10-16)32-14-25(15-32)7-18(8-25)23-30-29-22-12-31(20-4-5-34-13-20)11-17-6-19(26)2-3-21(17)33(22)23/h2-3,6,9-10,18,20H,4-5,7-8,11-15H2,1H3/t20-/m1/s1. The minimum atomic E-state index is 0.353. The number of fused-ring (bicyclic) bond motifs is 3. The molecule has 2 saturated heterocycles. The molecule has 1 aliphatic carbocycles. The van der Waals surface area contributed by atoms with Crippen LogP contribution >= 0.6 is 11.6 Å². The summed E-state index contributed by atoms with van der Waals surface area (Å²) in [5, 5.41) is 10.2. The molecule has 7 rings (SSSR count). The quantitative estimate of drug-likeness (QED) is 0.571. The van der Waals surface area contributed by atoms with Gasteiger partial charge in [0, 0.05) is 61.0 Å². The molecule has 0 N–H and O–H groups in total. The predicted molar refractivity (Wildman–Crippen MR) is 128 cm³/mol. The van der Waals surface area contributed by atoms with Crippen LogP contribution in [0.5, 0.6) is 0 Å². The van der Waals surface area contributed by atoms with Crippen molar-refractivity contribution in [1.82, 2.24) is 29.6 Å². The fraction of sp³-hybridized carbons (Fsp3) is 0.520. The Morgan fingerprint density at radius 1 is 1.09 bits per heavy atom. The zero-order valence-corrected chi connectivity index (χ0v) is 20.1. The van der Waals surface area contributed by atoms with Crippen molar-refractivity contribution in [2.24, 2.45) is 5.41 Å². The third kappa shape index (κ3) is 3.34. The van der Waals surface area contributed by atoms with Crippen LogP contribution in [0.1, 0.15) is 48.0 Å². The Kier molecular flexibility index (Phi) is 4.73. The fourth-order valence-corrected chi connectivity index (χ4v) is 6.46. The molecule has 1 spiro atoms. The van der Waals surface area contributed by atoms with E-state index in [4.69, 9.17) is 26.5 Å². The smallest absolute Gasteiger partial charge is 0.225 e. The van der Waals surface area contributed by atoms with Crippen molar-refractivity contribution in [2.75, 3.05) is 31.2 Å². The lowest BCUT2D eigenvalue weighted by Gasteiger charge is -2.58. The number of rotatable bonds is 3. The van der Waals surface area contributed by atoms with Crippen LogP contribution in [0.2, 0.25) is 5.02 Å². The van der Waals surface area contributed by atoms with E-state index in [0.717, 1.165) is 86.8 Å². The van der Waals surface area contributed by atoms with Gasteiger partial charge in [-0.15, -0.1) is 10.2 Å². The van der Waals surface area contributed by atoms with E-state index < -0.39 is 0 Å². The lowest BCUT2D eigenvalue weighted by molar-refractivity contribution is 0.0574. The summed E-state index contributed by atoms with van der Waals surface area (Å²) >= 11 is 6.42. The highest BCUT2D eigenvalue weighted by molar-refractivity contribution is 6.30. The molecule has 9 heteroatoms. The highest BCUT2D eigenvalue weighted by atomic mass is 35.5. The second-order valence-electron chi connectivity index (χ2n) is 10.5. The molecule has 0 unspecified atom stereocenters. The summed E-state index contributed by atoms with van der Waals surface area (Å²) in [7, 11) is 0. The Bertz CT molecular complexity index is 1220. The molecular weight excluding hydrogens is 450 g/mol. The van der Waals surface area contributed by atoms with Gasteiger partial charge in [0.15, 0.2) is 5.82 Å². The number of ether oxygens (including phenoxy) is 1. The van der Waals surface area contributed by atoms with Gasteiger partial charge < -0.3 is 9.64 Å². The van der Waals surface area contributed by atoms with Crippen LogP contribution in [-0.4, -0.2) is 62.0 Å². The first-order valence-electron chi connectivity index (χ1n) is 12.2. The van der Waals surface area contributed by atoms with Crippen molar-refractivity contribution in [3.05, 3.63) is 58.4 Å². The molecule has 0 amide bonds. The highest BCUT2D eigenvalue weighted by Gasteiger charge is 2.54. The molecule has 2 aromatic heterocycles. The first-order valence-corrected chi connectivity index (χ1v) is 12.5. The van der Waals surface area contributed by atoms with E-state index in [2.05, 4.69) is 36.5 Å². The van der Waals surface area contributed by atoms with Crippen LogP contribution in [0.3, 0.4) is 0 Å². The van der Waals surface area contributed by atoms with Crippen LogP contribution in [0, 0.1) is 12.3 Å². The molecule has 3 aromatic rings. The van der Waals surface area contributed by atoms with E-state index >= 15 is 0 Å². The molecule has 8 nitrogen and oxygen atoms in total. The van der Waals surface area contributed by atoms with E-state index in [9.17, 15) is 0 Å². The zero-order chi connectivity index (χ0) is 22.9. The second kappa shape index (κ2) is 7.73. The Balaban J connectivity index is 1.14. The zero-order valence-electron chi connectivity index (χ0n) is 19.3. The van der Waals surface area contributed by atoms with Crippen molar-refractivity contribution in [3.8, 4) is 5.69 Å². The van der Waals surface area contributed by atoms with Gasteiger partial charge in [-0.1, -0.05) is 11.6 Å². The summed E-state index contributed by atoms with van der Waals surface area (Å²) in [5.74, 6) is 3.39. The maximum atomic E-state index is 6.42. The molecule has 1 aromatic carbocycles. The van der Waals surface area contributed by atoms with Gasteiger partial charge in [-0.2, -0.15) is 0 Å². The Morgan fingerprint density at radius 2 is 1.91 bits per heavy atom. The molecule has 4 aliphatic rings. The van der Waals surface area contributed by atoms with Crippen LogP contribution in [0.4, 0.5) is 5.95 Å². The molecule has 3 aliphatic heterocycles. The molecule has 5 heterocycles. The Labute approximate surface area is 203 Å². The lowest BCUT2D eigenvalue weighted by atomic mass is 9.57. The van der Waals surface area contributed by atoms with Crippen LogP contribution in [0.15, 0.2) is 30.6 Å². The van der Waals surface area contributed by atoms with Crippen molar-refractivity contribution in [1.29, 1.82) is 0 Å². The summed E-state index contributed by atoms with van der Waals surface area (Å²) in [6.45, 7) is 7.31. The van der Waals surface area contributed by atoms with Crippen LogP contribution < -0.4 is 4.90 Å². The molecule has 0 bridgehead atoms. The van der Waals surface area contributed by atoms with Gasteiger partial charge in [0.2, 0.25) is 5.95 Å². The number of hydrogen-bond donors (Lipinski definition) is 0. The number of aryl methyl sites for hydroxylation is 1. The minimum absolute atomic E-state index is 0.353. The first kappa shape index (κ1) is 20.8. The normalized spacial score (nSPS) is 23.8. The van der Waals surface area contributed by atoms with E-state index in [1.807, 2.05) is 25.4 Å². The van der Waals surface area contributed by atoms with Gasteiger partial charge in [-0.05, 0) is 55.5 Å². The highest BCUT2D eigenvalue weighted by Crippen LogP contribution is 2.56. The molecular formula is C25H28ClN7O. The first-order chi connectivity index (χ1) is 16.6. The lowest BCUT2D eigenvalue weighted by Crippen LogP contribution is -2.62. The van der Waals surface area contributed by atoms with Gasteiger partial charge in [0.25, 0.3) is 0 Å². The van der Waals surface area contributed by atoms with E-state index in [1.165, 1.54) is 11.3 Å². The SMILES string of the molecule is Cc1cnc(N2CC3(CC(c4nnc5n4-c4ccc(Cl)cc4CN([C@@H]4CCOC4)C5)C3)C2)nc1. The average molecular weight is 478 g/mol. The number of halogens is 1. The molecule has 0 radical (unpaired) electrons. The second-order valence-corrected chi connectivity index (χ2v) is 11.0. The topological polar surface area (TPSA) is 72.2 Å². The Hall–Kier alpha value is -2.55. The van der Waals surface area contributed by atoms with Crippen molar-refractivity contribution >= 4 is 17.5 Å². The summed E-state index contributed by atoms with van der Waals surface area (Å²) in [6, 6.07) is 6.63. The largest absolute Gasteiger partial charge is 0.380 e. The molecule has 34 heavy (non-hydrogen) atoms. The summed E-state index contributed by atoms with van der Waals surface area (Å²) < 4.78 is 8.00. The number of benzene rings is 1. The van der Waals surface area contributed by atoms with E-state index in [0.29, 0.717) is 17.4 Å². The van der Waals surface area contributed by atoms with Crippen LogP contribution in [0.25, 0.3) is 5.69 Å². The minimum Gasteiger partial charge on any atom is -0.380 e. The maximum Gasteiger partial charge on any atom is 0.225 e. The number of anilines is 1. The summed E-state index contributed by atoms with van der Waals surface area (Å²) in [4.78, 5) is 13.8. The number of hydrogen-bond acceptors (Lipinski definition) is 7. The van der Waals surface area contributed by atoms with Gasteiger partial charge in [-0.25, -0.2) is 9.97 Å². The number of aromatic nitrogens is 5. The molecule has 3 fully saturated rings. The molecule has 176 valence electrons. The third-order valence-corrected chi connectivity index (χ3v) is 8.24. The van der Waals surface area contributed by atoms with Crippen molar-refractivity contribution in [3.63, 3.8) is 0 Å². The predicted octanol–water partition coefficient (Wildman–Crippen LogP) is 3.51.